The molecule has 43 heteroatoms. The van der Waals surface area contributed by atoms with Gasteiger partial charge < -0.3 is 90.3 Å². The first-order valence-electron chi connectivity index (χ1n) is 49.3. The number of hydrogen-bond acceptors (Lipinski definition) is 31. The number of amides is 6. The molecule has 4 atom stereocenters. The lowest BCUT2D eigenvalue weighted by Crippen LogP contribution is -2.46. The zero-order valence-electron chi connectivity index (χ0n) is 81.9. The number of nitrogens with one attached hydrogen (secondary N) is 13. The Hall–Kier alpha value is -16.0. The van der Waals surface area contributed by atoms with Crippen LogP contribution in [0.25, 0.3) is 67.1 Å². The van der Waals surface area contributed by atoms with Crippen LogP contribution in [0.5, 0.6) is 17.2 Å². The van der Waals surface area contributed by atoms with Crippen LogP contribution in [0.3, 0.4) is 0 Å². The van der Waals surface area contributed by atoms with Crippen LogP contribution in [0.15, 0.2) is 264 Å². The number of rotatable bonds is 28. The van der Waals surface area contributed by atoms with Crippen LogP contribution in [-0.2, 0) is 62.7 Å². The third kappa shape index (κ3) is 28.3. The quantitative estimate of drug-likeness (QED) is 0.0217. The van der Waals surface area contributed by atoms with Crippen LogP contribution in [-0.4, -0.2) is 196 Å². The number of fused-ring (bicyclic) bond motifs is 3. The Morgan fingerprint density at radius 3 is 1.12 bits per heavy atom. The lowest BCUT2D eigenvalue weighted by Gasteiger charge is -2.23. The molecule has 0 saturated carbocycles. The second-order valence-corrected chi connectivity index (χ2v) is 41.7. The zero-order valence-corrected chi connectivity index (χ0v) is 84.4. The summed E-state index contributed by atoms with van der Waals surface area (Å²) in [5.74, 6) is 0.494. The lowest BCUT2D eigenvalue weighted by atomic mass is 10.1. The first kappa shape index (κ1) is 105. The molecule has 5 aromatic heterocycles. The number of aromatic nitrogens is 9. The van der Waals surface area contributed by atoms with Gasteiger partial charge in [0, 0.05) is 135 Å². The molecule has 0 bridgehead atoms. The predicted molar refractivity (Wildman–Crippen MR) is 570 cm³/mol. The fraction of sp³-hybridized carbons (Fsp3) is 0.271. The predicted octanol–water partition coefficient (Wildman–Crippen LogP) is 9.90. The summed E-state index contributed by atoms with van der Waals surface area (Å²) in [5.41, 5.74) is 36.4. The third-order valence-corrected chi connectivity index (χ3v) is 29.7. The Balaban J connectivity index is 0.000000136. The SMILES string of the molecule is Nc1ncc(-c2cccc(CNC(=O)Nc3ccc(-c4ccccc4)cc3)c2)nc1C(=O)N[C@H]1CCCNC1.Nc1ncc(-c2cccc(CNS(=O)(=O)c3ccc4c(c3)CCO4)c2)nc1C(=O)N[C@H]1CCCNC1.Nc1ncc(-c2cccc(CNS(=O)(=O)c3ccc4c(c3)OCCCO4)c2)nc1C(=O)N[C@H]1CCCNC1.Nc1ncc(-c2cccc(CNS(=O)(=O)c3ccc4cccnc4c3)c2)nc1C(=O)N[C@H]1CCCNC1. The molecule has 4 saturated heterocycles. The number of nitrogens with zero attached hydrogens (tertiary/aromatic N) is 9. The molecule has 0 unspecified atom stereocenters. The zero-order chi connectivity index (χ0) is 105. The minimum Gasteiger partial charge on any atom is -0.493 e. The highest BCUT2D eigenvalue weighted by Gasteiger charge is 2.29. The van der Waals surface area contributed by atoms with Crippen LogP contribution < -0.4 is 104 Å². The number of hydrogen-bond donors (Lipinski definition) is 17. The van der Waals surface area contributed by atoms with Crippen molar-refractivity contribution in [2.24, 2.45) is 0 Å². The van der Waals surface area contributed by atoms with Gasteiger partial charge in [0.1, 0.15) is 5.75 Å². The number of carbonyl (C=O) groups is 5. The van der Waals surface area contributed by atoms with Gasteiger partial charge in [0.2, 0.25) is 30.1 Å². The summed E-state index contributed by atoms with van der Waals surface area (Å²) in [5, 5.41) is 31.5. The number of nitrogens with two attached hydrogens (primary N) is 4. The maximum atomic E-state index is 13.0. The minimum atomic E-state index is -3.81. The topological polar surface area (TPSA) is 592 Å². The summed E-state index contributed by atoms with van der Waals surface area (Å²) < 4.78 is 102. The monoisotopic (exact) mass is 2080 g/mol. The van der Waals surface area contributed by atoms with E-state index in [2.05, 4.69) is 112 Å². The number of carbonyl (C=O) groups excluding carboxylic acids is 5. The largest absolute Gasteiger partial charge is 0.493 e. The molecule has 40 nitrogen and oxygen atoms in total. The van der Waals surface area contributed by atoms with Gasteiger partial charge in [0.05, 0.1) is 87.6 Å². The Morgan fingerprint density at radius 1 is 0.340 bits per heavy atom. The van der Waals surface area contributed by atoms with E-state index in [1.165, 1.54) is 30.7 Å². The fourth-order valence-electron chi connectivity index (χ4n) is 17.5. The van der Waals surface area contributed by atoms with E-state index in [0.717, 1.165) is 141 Å². The van der Waals surface area contributed by atoms with Gasteiger partial charge in [-0.3, -0.25) is 24.2 Å². The van der Waals surface area contributed by atoms with E-state index in [4.69, 9.17) is 37.1 Å². The van der Waals surface area contributed by atoms with E-state index in [1.54, 1.807) is 97.3 Å². The van der Waals surface area contributed by atoms with Crippen molar-refractivity contribution >= 4 is 99.6 Å². The Labute approximate surface area is 867 Å². The number of urea groups is 1. The summed E-state index contributed by atoms with van der Waals surface area (Å²) in [6.45, 7) is 8.68. The standard InChI is InChI=1S/C30H31N7O2.C26H27N7O3S.C26H30N6O5S.C25H28N6O4S/c31-28-27(29(38)35-25-10-5-15-32-18-25)37-26(19-33-28)23-9-4-6-20(16-23)17-34-30(39)36-24-13-11-22(12-14-24)21-7-2-1-3-8-21;27-25-24(26(34)32-20-7-3-10-28-15-20)33-23(16-30-25)19-5-1-4-17(12-19)14-31-37(35,36)21-9-8-18-6-2-11-29-22(18)13-21;27-25-24(26(33)31-19-6-2-9-28-15-19)32-21(16-29-25)18-5-1-4-17(12-18)14-30-38(34,35)20-7-8-22-23(13-20)37-11-3-10-36-22;26-24-23(25(32)30-19-5-2-9-27-14-19)31-21(15-28-24)17-4-1-3-16(11-17)13-29-36(33,34)20-6-7-22-18(12-20)8-10-35-22/h1-4,6-9,11-14,16,19,25,32H,5,10,15,17-18H2,(H2,31,33)(H,35,38)(H2,34,36,39);1-2,4-6,8-9,11-13,16,20,28,31H,3,7,10,14-15H2,(H2,27,30)(H,32,34);1,4-5,7-8,12-13,16,19,28,30H,2-3,6,9-11,14-15H2,(H2,27,29)(H,31,33);1,3-4,6-7,11-12,15,19,27,29H,2,5,8-10,13-14H2,(H2,26,28)(H,30,32)/t25-;20-;2*19-/m0000/s1. The highest BCUT2D eigenvalue weighted by molar-refractivity contribution is 7.90. The average molecular weight is 2090 g/mol. The molecule has 4 fully saturated rings. The van der Waals surface area contributed by atoms with Gasteiger partial charge in [-0.25, -0.2) is 84.1 Å². The first-order valence-corrected chi connectivity index (χ1v) is 53.8. The molecule has 6 amide bonds. The molecule has 150 heavy (non-hydrogen) atoms. The van der Waals surface area contributed by atoms with Crippen LogP contribution in [0, 0.1) is 0 Å². The third-order valence-electron chi connectivity index (χ3n) is 25.5. The van der Waals surface area contributed by atoms with Gasteiger partial charge in [0.25, 0.3) is 23.6 Å². The van der Waals surface area contributed by atoms with E-state index >= 15 is 0 Å². The van der Waals surface area contributed by atoms with Crippen molar-refractivity contribution in [1.82, 2.24) is 107 Å². The van der Waals surface area contributed by atoms with Crippen molar-refractivity contribution in [3.05, 3.63) is 300 Å². The molecule has 20 rings (SSSR count). The van der Waals surface area contributed by atoms with Gasteiger partial charge in [0.15, 0.2) is 57.5 Å². The van der Waals surface area contributed by atoms with Crippen LogP contribution >= 0.6 is 0 Å². The number of anilines is 5. The summed E-state index contributed by atoms with van der Waals surface area (Å²) in [6.07, 6.45) is 16.6. The Morgan fingerprint density at radius 2 is 0.707 bits per heavy atom. The van der Waals surface area contributed by atoms with Crippen molar-refractivity contribution < 1.29 is 63.4 Å². The van der Waals surface area contributed by atoms with E-state index in [0.29, 0.717) is 120 Å². The molecule has 6 aliphatic heterocycles. The van der Waals surface area contributed by atoms with Gasteiger partial charge in [-0.2, -0.15) is 0 Å². The number of pyridine rings is 1. The molecule has 0 radical (unpaired) electrons. The summed E-state index contributed by atoms with van der Waals surface area (Å²) in [7, 11) is -11.3. The maximum Gasteiger partial charge on any atom is 0.319 e. The highest BCUT2D eigenvalue weighted by atomic mass is 32.2. The van der Waals surface area contributed by atoms with E-state index in [1.807, 2.05) is 121 Å². The second-order valence-electron chi connectivity index (χ2n) is 36.4. The highest BCUT2D eigenvalue weighted by Crippen LogP contribution is 2.35. The maximum absolute atomic E-state index is 13.0. The van der Waals surface area contributed by atoms with Crippen molar-refractivity contribution in [2.75, 3.05) is 100 Å². The van der Waals surface area contributed by atoms with Gasteiger partial charge in [-0.15, -0.1) is 0 Å². The van der Waals surface area contributed by atoms with E-state index < -0.39 is 30.1 Å². The summed E-state index contributed by atoms with van der Waals surface area (Å²) in [6, 6.07) is 64.8. The van der Waals surface area contributed by atoms with Crippen molar-refractivity contribution in [2.45, 2.75) is 129 Å². The summed E-state index contributed by atoms with van der Waals surface area (Å²) >= 11 is 0. The van der Waals surface area contributed by atoms with Crippen molar-refractivity contribution in [3.63, 3.8) is 0 Å². The normalized spacial score (nSPS) is 16.3. The molecule has 776 valence electrons. The number of nitrogen functional groups attached to an aromatic ring is 4. The average Bonchev–Trinajstić information content (AvgIpc) is 1.76. The molecule has 21 N–H and O–H groups in total. The van der Waals surface area contributed by atoms with Crippen molar-refractivity contribution in [1.29, 1.82) is 0 Å². The lowest BCUT2D eigenvalue weighted by molar-refractivity contribution is 0.0918. The molecular formula is C107H116N26O14S3. The smallest absolute Gasteiger partial charge is 0.319 e. The van der Waals surface area contributed by atoms with Gasteiger partial charge in [-0.1, -0.05) is 127 Å². The molecule has 9 aromatic carbocycles. The molecule has 6 aliphatic rings. The molecule has 0 spiro atoms. The van der Waals surface area contributed by atoms with Crippen molar-refractivity contribution in [3.8, 4) is 73.4 Å². The van der Waals surface area contributed by atoms with Crippen LogP contribution in [0.2, 0.25) is 0 Å². The second kappa shape index (κ2) is 49.7. The molecule has 14 aromatic rings. The molecule has 0 aliphatic carbocycles. The van der Waals surface area contributed by atoms with E-state index in [-0.39, 0.29) is 134 Å². The molecular weight excluding hydrogens is 1970 g/mol. The molecule has 11 heterocycles. The van der Waals surface area contributed by atoms with Crippen LogP contribution in [0.4, 0.5) is 33.8 Å². The van der Waals surface area contributed by atoms with Gasteiger partial charge >= 0.3 is 6.03 Å². The fourth-order valence-corrected chi connectivity index (χ4v) is 20.6. The van der Waals surface area contributed by atoms with E-state index in [9.17, 15) is 49.2 Å². The minimum absolute atomic E-state index is 0.0103. The first-order chi connectivity index (χ1) is 72.7. The number of benzene rings is 9. The number of sulfonamides is 3. The number of ether oxygens (including phenoxy) is 3. The van der Waals surface area contributed by atoms with Gasteiger partial charge in [-0.05, 0) is 201 Å². The Bertz CT molecular complexity index is 7580. The Kier molecular flexibility index (Phi) is 34.9. The number of piperidine rings is 4. The van der Waals surface area contributed by atoms with Crippen LogP contribution in [0.1, 0.15) is 128 Å². The summed E-state index contributed by atoms with van der Waals surface area (Å²) in [4.78, 5) is 103.